The second-order valence-electron chi connectivity index (χ2n) is 5.85. The predicted octanol–water partition coefficient (Wildman–Crippen LogP) is 4.29. The van der Waals surface area contributed by atoms with Crippen LogP contribution in [0.15, 0.2) is 47.4 Å². The molecule has 2 aromatic rings. The second-order valence-corrected chi connectivity index (χ2v) is 7.07. The smallest absolute Gasteiger partial charge is 0.221 e. The number of hydrogen-bond acceptors (Lipinski definition) is 4. The normalized spacial score (nSPS) is 16.0. The highest BCUT2D eigenvalue weighted by molar-refractivity contribution is 8.00. The molecule has 4 nitrogen and oxygen atoms in total. The molecule has 1 N–H and O–H groups in total. The van der Waals surface area contributed by atoms with E-state index >= 15 is 0 Å². The summed E-state index contributed by atoms with van der Waals surface area (Å²) in [4.78, 5) is 14.8. The van der Waals surface area contributed by atoms with Crippen LogP contribution in [0.5, 0.6) is 5.75 Å². The summed E-state index contributed by atoms with van der Waals surface area (Å²) in [5.41, 5.74) is 3.36. The van der Waals surface area contributed by atoms with Gasteiger partial charge in [-0.25, -0.2) is 0 Å². The van der Waals surface area contributed by atoms with E-state index < -0.39 is 0 Å². The molecule has 3 rings (SSSR count). The van der Waals surface area contributed by atoms with E-state index in [1.54, 1.807) is 0 Å². The first-order chi connectivity index (χ1) is 11.6. The van der Waals surface area contributed by atoms with Crippen LogP contribution in [0.4, 0.5) is 11.4 Å². The van der Waals surface area contributed by atoms with Crippen molar-refractivity contribution in [2.45, 2.75) is 31.0 Å². The summed E-state index contributed by atoms with van der Waals surface area (Å²) in [5, 5.41) is 3.04. The number of fused-ring (bicyclic) bond motifs is 1. The van der Waals surface area contributed by atoms with Crippen molar-refractivity contribution in [3.63, 3.8) is 0 Å². The SMILES string of the molecule is CCN1c2ccc(C)cc2SC1COc1ccc(NC(C)=O)cc1. The van der Waals surface area contributed by atoms with Gasteiger partial charge in [0.05, 0.1) is 5.69 Å². The van der Waals surface area contributed by atoms with Crippen LogP contribution < -0.4 is 15.0 Å². The molecule has 1 atom stereocenters. The Morgan fingerprint density at radius 1 is 1.25 bits per heavy atom. The number of carbonyl (C=O) groups excluding carboxylic acids is 1. The second kappa shape index (κ2) is 7.18. The topological polar surface area (TPSA) is 41.6 Å². The van der Waals surface area contributed by atoms with E-state index in [9.17, 15) is 4.79 Å². The molecule has 0 spiro atoms. The first-order valence-electron chi connectivity index (χ1n) is 8.11. The number of nitrogens with one attached hydrogen (secondary N) is 1. The van der Waals surface area contributed by atoms with Gasteiger partial charge in [0, 0.05) is 24.1 Å². The Labute approximate surface area is 147 Å². The van der Waals surface area contributed by atoms with Gasteiger partial charge in [-0.05, 0) is 55.8 Å². The summed E-state index contributed by atoms with van der Waals surface area (Å²) in [6, 6.07) is 14.1. The Morgan fingerprint density at radius 3 is 2.67 bits per heavy atom. The Kier molecular flexibility index (Phi) is 5.00. The van der Waals surface area contributed by atoms with E-state index in [1.807, 2.05) is 36.0 Å². The third-order valence-corrected chi connectivity index (χ3v) is 5.19. The summed E-state index contributed by atoms with van der Waals surface area (Å²) in [6.45, 7) is 7.37. The molecule has 0 saturated carbocycles. The van der Waals surface area contributed by atoms with Gasteiger partial charge in [0.2, 0.25) is 5.91 Å². The fourth-order valence-corrected chi connectivity index (χ4v) is 4.20. The summed E-state index contributed by atoms with van der Waals surface area (Å²) < 4.78 is 5.97. The predicted molar refractivity (Wildman–Crippen MR) is 100 cm³/mol. The van der Waals surface area contributed by atoms with E-state index in [2.05, 4.69) is 42.3 Å². The molecule has 0 aromatic heterocycles. The van der Waals surface area contributed by atoms with Gasteiger partial charge in [-0.1, -0.05) is 17.8 Å². The lowest BCUT2D eigenvalue weighted by atomic mass is 10.2. The lowest BCUT2D eigenvalue weighted by Crippen LogP contribution is -2.33. The Bertz CT molecular complexity index is 731. The van der Waals surface area contributed by atoms with Crippen LogP contribution in [0.3, 0.4) is 0 Å². The molecule has 1 heterocycles. The number of nitrogens with zero attached hydrogens (tertiary/aromatic N) is 1. The summed E-state index contributed by atoms with van der Waals surface area (Å²) in [7, 11) is 0. The molecule has 126 valence electrons. The lowest BCUT2D eigenvalue weighted by Gasteiger charge is -2.25. The number of likely N-dealkylation sites (N-methyl/N-ethyl adjacent to an activating group) is 1. The minimum Gasteiger partial charge on any atom is -0.491 e. The van der Waals surface area contributed by atoms with Crippen LogP contribution in [-0.2, 0) is 4.79 Å². The molecule has 24 heavy (non-hydrogen) atoms. The maximum absolute atomic E-state index is 11.0. The number of hydrogen-bond donors (Lipinski definition) is 1. The number of amides is 1. The van der Waals surface area contributed by atoms with Crippen molar-refractivity contribution in [3.8, 4) is 5.75 Å². The largest absolute Gasteiger partial charge is 0.491 e. The first kappa shape index (κ1) is 16.7. The van der Waals surface area contributed by atoms with Crippen molar-refractivity contribution in [3.05, 3.63) is 48.0 Å². The van der Waals surface area contributed by atoms with Crippen LogP contribution >= 0.6 is 11.8 Å². The molecule has 2 aromatic carbocycles. The van der Waals surface area contributed by atoms with E-state index in [4.69, 9.17) is 4.74 Å². The van der Waals surface area contributed by atoms with Crippen molar-refractivity contribution in [1.82, 2.24) is 0 Å². The van der Waals surface area contributed by atoms with Gasteiger partial charge in [0.15, 0.2) is 0 Å². The molecular weight excluding hydrogens is 320 g/mol. The third-order valence-electron chi connectivity index (χ3n) is 3.94. The average Bonchev–Trinajstić information content (AvgIpc) is 2.90. The Hall–Kier alpha value is -2.14. The number of benzene rings is 2. The Balaban J connectivity index is 1.63. The van der Waals surface area contributed by atoms with Gasteiger partial charge in [0.1, 0.15) is 17.7 Å². The summed E-state index contributed by atoms with van der Waals surface area (Å²) >= 11 is 1.86. The van der Waals surface area contributed by atoms with Crippen molar-refractivity contribution < 1.29 is 9.53 Å². The van der Waals surface area contributed by atoms with Crippen molar-refractivity contribution >= 4 is 29.0 Å². The molecule has 1 aliphatic heterocycles. The van der Waals surface area contributed by atoms with Gasteiger partial charge >= 0.3 is 0 Å². The number of anilines is 2. The average molecular weight is 342 g/mol. The maximum Gasteiger partial charge on any atom is 0.221 e. The lowest BCUT2D eigenvalue weighted by molar-refractivity contribution is -0.114. The van der Waals surface area contributed by atoms with Crippen molar-refractivity contribution in [2.24, 2.45) is 0 Å². The minimum absolute atomic E-state index is 0.0716. The van der Waals surface area contributed by atoms with Gasteiger partial charge in [-0.2, -0.15) is 0 Å². The Morgan fingerprint density at radius 2 is 2.00 bits per heavy atom. The van der Waals surface area contributed by atoms with Crippen LogP contribution in [0, 0.1) is 6.92 Å². The first-order valence-corrected chi connectivity index (χ1v) is 8.99. The van der Waals surface area contributed by atoms with Gasteiger partial charge in [0.25, 0.3) is 0 Å². The molecule has 0 fully saturated rings. The monoisotopic (exact) mass is 342 g/mol. The molecule has 0 radical (unpaired) electrons. The number of carbonyl (C=O) groups is 1. The number of rotatable bonds is 5. The van der Waals surface area contributed by atoms with Crippen molar-refractivity contribution in [2.75, 3.05) is 23.4 Å². The highest BCUT2D eigenvalue weighted by Gasteiger charge is 2.29. The summed E-state index contributed by atoms with van der Waals surface area (Å²) in [5.74, 6) is 0.741. The zero-order valence-electron chi connectivity index (χ0n) is 14.2. The van der Waals surface area contributed by atoms with Gasteiger partial charge < -0.3 is 15.0 Å². The zero-order chi connectivity index (χ0) is 17.1. The quantitative estimate of drug-likeness (QED) is 0.880. The molecule has 0 bridgehead atoms. The highest BCUT2D eigenvalue weighted by atomic mass is 32.2. The molecule has 0 saturated heterocycles. The third kappa shape index (κ3) is 3.67. The molecule has 1 aliphatic rings. The fraction of sp³-hybridized carbons (Fsp3) is 0.316. The number of thioether (sulfide) groups is 1. The molecule has 1 amide bonds. The van der Waals surface area contributed by atoms with Gasteiger partial charge in [-0.3, -0.25) is 4.79 Å². The fourth-order valence-electron chi connectivity index (χ4n) is 2.82. The van der Waals surface area contributed by atoms with Crippen LogP contribution in [0.25, 0.3) is 0 Å². The van der Waals surface area contributed by atoms with Crippen molar-refractivity contribution in [1.29, 1.82) is 0 Å². The standard InChI is InChI=1S/C19H22N2O2S/c1-4-21-17-10-5-13(2)11-18(17)24-19(21)12-23-16-8-6-15(7-9-16)20-14(3)22/h5-11,19H,4,12H2,1-3H3,(H,20,22). The summed E-state index contributed by atoms with van der Waals surface area (Å²) in [6.07, 6.45) is 0. The maximum atomic E-state index is 11.0. The minimum atomic E-state index is -0.0716. The molecular formula is C19H22N2O2S. The van der Waals surface area contributed by atoms with E-state index in [0.29, 0.717) is 6.61 Å². The van der Waals surface area contributed by atoms with Gasteiger partial charge in [-0.15, -0.1) is 0 Å². The van der Waals surface area contributed by atoms with Crippen LogP contribution in [0.1, 0.15) is 19.4 Å². The molecule has 5 heteroatoms. The highest BCUT2D eigenvalue weighted by Crippen LogP contribution is 2.43. The zero-order valence-corrected chi connectivity index (χ0v) is 15.0. The number of ether oxygens (including phenoxy) is 1. The van der Waals surface area contributed by atoms with E-state index in [-0.39, 0.29) is 11.3 Å². The van der Waals surface area contributed by atoms with E-state index in [0.717, 1.165) is 18.0 Å². The van der Waals surface area contributed by atoms with Crippen LogP contribution in [0.2, 0.25) is 0 Å². The molecule has 1 unspecified atom stereocenters. The number of aryl methyl sites for hydroxylation is 1. The molecule has 0 aliphatic carbocycles. The van der Waals surface area contributed by atoms with E-state index in [1.165, 1.54) is 23.1 Å². The van der Waals surface area contributed by atoms with Crippen LogP contribution in [-0.4, -0.2) is 24.4 Å².